The van der Waals surface area contributed by atoms with Crippen molar-refractivity contribution in [3.8, 4) is 0 Å². The second-order valence-corrected chi connectivity index (χ2v) is 6.11. The predicted octanol–water partition coefficient (Wildman–Crippen LogP) is 3.67. The molecule has 0 aliphatic heterocycles. The van der Waals surface area contributed by atoms with E-state index < -0.39 is 0 Å². The number of rotatable bonds is 5. The summed E-state index contributed by atoms with van der Waals surface area (Å²) in [5, 5.41) is 11.9. The minimum atomic E-state index is -0.0620. The van der Waals surface area contributed by atoms with E-state index in [-0.39, 0.29) is 12.5 Å². The summed E-state index contributed by atoms with van der Waals surface area (Å²) in [5.74, 6) is 0.290. The lowest BCUT2D eigenvalue weighted by Gasteiger charge is -2.06. The summed E-state index contributed by atoms with van der Waals surface area (Å²) in [6.45, 7) is -0.0304. The van der Waals surface area contributed by atoms with E-state index >= 15 is 0 Å². The standard InChI is InChI=1S/C15H14BrNO2S/c16-12-4-6-14(7-5-12)20-10-15(19)17-13-3-1-2-11(8-13)9-18/h1-8,18H,9-10H2,(H,17,19). The topological polar surface area (TPSA) is 49.3 Å². The third kappa shape index (κ3) is 4.67. The Morgan fingerprint density at radius 1 is 1.20 bits per heavy atom. The number of hydrogen-bond donors (Lipinski definition) is 2. The Labute approximate surface area is 130 Å². The molecule has 0 unspecified atom stereocenters. The number of aliphatic hydroxyl groups excluding tert-OH is 1. The Bertz CT molecular complexity index is 587. The zero-order valence-corrected chi connectivity index (χ0v) is 13.1. The second kappa shape index (κ2) is 7.47. The monoisotopic (exact) mass is 351 g/mol. The van der Waals surface area contributed by atoms with Gasteiger partial charge in [-0.25, -0.2) is 0 Å². The van der Waals surface area contributed by atoms with Gasteiger partial charge in [-0.15, -0.1) is 11.8 Å². The fourth-order valence-corrected chi connectivity index (χ4v) is 2.59. The molecule has 2 N–H and O–H groups in total. The van der Waals surface area contributed by atoms with Crippen LogP contribution in [0.2, 0.25) is 0 Å². The number of thioether (sulfide) groups is 1. The number of halogens is 1. The van der Waals surface area contributed by atoms with Crippen LogP contribution in [0.4, 0.5) is 5.69 Å². The summed E-state index contributed by atoms with van der Waals surface area (Å²) < 4.78 is 1.02. The number of hydrogen-bond acceptors (Lipinski definition) is 3. The van der Waals surface area contributed by atoms with Gasteiger partial charge in [0, 0.05) is 15.1 Å². The Hall–Kier alpha value is -1.30. The van der Waals surface area contributed by atoms with Crippen molar-refractivity contribution in [1.82, 2.24) is 0 Å². The first-order valence-electron chi connectivity index (χ1n) is 6.05. The van der Waals surface area contributed by atoms with Crippen LogP contribution in [-0.4, -0.2) is 16.8 Å². The van der Waals surface area contributed by atoms with Crippen LogP contribution in [0, 0.1) is 0 Å². The smallest absolute Gasteiger partial charge is 0.234 e. The van der Waals surface area contributed by atoms with Gasteiger partial charge >= 0.3 is 0 Å². The highest BCUT2D eigenvalue weighted by Gasteiger charge is 2.04. The van der Waals surface area contributed by atoms with E-state index in [4.69, 9.17) is 5.11 Å². The van der Waals surface area contributed by atoms with Crippen molar-refractivity contribution in [2.45, 2.75) is 11.5 Å². The highest BCUT2D eigenvalue weighted by atomic mass is 79.9. The van der Waals surface area contributed by atoms with Crippen LogP contribution in [0.3, 0.4) is 0 Å². The van der Waals surface area contributed by atoms with Gasteiger partial charge < -0.3 is 10.4 Å². The first kappa shape index (κ1) is 15.1. The molecule has 0 atom stereocenters. The van der Waals surface area contributed by atoms with E-state index in [0.717, 1.165) is 14.9 Å². The molecule has 0 radical (unpaired) electrons. The van der Waals surface area contributed by atoms with Crippen LogP contribution in [0.1, 0.15) is 5.56 Å². The first-order valence-corrected chi connectivity index (χ1v) is 7.83. The molecule has 0 bridgehead atoms. The van der Waals surface area contributed by atoms with Crippen LogP contribution in [0.25, 0.3) is 0 Å². The molecule has 0 saturated heterocycles. The van der Waals surface area contributed by atoms with Crippen LogP contribution >= 0.6 is 27.7 Å². The maximum Gasteiger partial charge on any atom is 0.234 e. The number of aliphatic hydroxyl groups is 1. The highest BCUT2D eigenvalue weighted by molar-refractivity contribution is 9.10. The average molecular weight is 352 g/mol. The maximum atomic E-state index is 11.8. The third-order valence-corrected chi connectivity index (χ3v) is 4.12. The van der Waals surface area contributed by atoms with Crippen LogP contribution in [0.5, 0.6) is 0 Å². The summed E-state index contributed by atoms with van der Waals surface area (Å²) in [6, 6.07) is 15.0. The minimum absolute atomic E-state index is 0.0304. The number of benzene rings is 2. The van der Waals surface area contributed by atoms with Crippen LogP contribution in [0.15, 0.2) is 57.9 Å². The Morgan fingerprint density at radius 2 is 1.95 bits per heavy atom. The summed E-state index contributed by atoms with van der Waals surface area (Å²) in [4.78, 5) is 12.9. The fraction of sp³-hybridized carbons (Fsp3) is 0.133. The van der Waals surface area contributed by atoms with Gasteiger partial charge in [0.15, 0.2) is 0 Å². The average Bonchev–Trinajstić information content (AvgIpc) is 2.47. The van der Waals surface area contributed by atoms with E-state index in [1.165, 1.54) is 11.8 Å². The molecular formula is C15H14BrNO2S. The van der Waals surface area contributed by atoms with Crippen LogP contribution in [-0.2, 0) is 11.4 Å². The normalized spacial score (nSPS) is 10.3. The molecule has 0 fully saturated rings. The molecule has 1 amide bonds. The van der Waals surface area contributed by atoms with Gasteiger partial charge in [-0.3, -0.25) is 4.79 Å². The lowest BCUT2D eigenvalue weighted by molar-refractivity contribution is -0.113. The lowest BCUT2D eigenvalue weighted by atomic mass is 10.2. The predicted molar refractivity (Wildman–Crippen MR) is 85.9 cm³/mol. The summed E-state index contributed by atoms with van der Waals surface area (Å²) in [7, 11) is 0. The molecule has 0 saturated carbocycles. The van der Waals surface area contributed by atoms with Gasteiger partial charge in [-0.05, 0) is 42.0 Å². The van der Waals surface area contributed by atoms with Gasteiger partial charge in [-0.1, -0.05) is 28.1 Å². The van der Waals surface area contributed by atoms with E-state index in [0.29, 0.717) is 11.4 Å². The van der Waals surface area contributed by atoms with E-state index in [9.17, 15) is 4.79 Å². The molecule has 2 aromatic rings. The van der Waals surface area contributed by atoms with Crippen molar-refractivity contribution in [3.05, 3.63) is 58.6 Å². The van der Waals surface area contributed by atoms with Gasteiger partial charge in [0.05, 0.1) is 12.4 Å². The second-order valence-electron chi connectivity index (χ2n) is 4.15. The number of anilines is 1. The van der Waals surface area contributed by atoms with E-state index in [1.54, 1.807) is 12.1 Å². The van der Waals surface area contributed by atoms with Crippen molar-refractivity contribution in [2.75, 3.05) is 11.1 Å². The Morgan fingerprint density at radius 3 is 2.65 bits per heavy atom. The van der Waals surface area contributed by atoms with E-state index in [2.05, 4.69) is 21.2 Å². The van der Waals surface area contributed by atoms with Gasteiger partial charge in [0.1, 0.15) is 0 Å². The van der Waals surface area contributed by atoms with Crippen LogP contribution < -0.4 is 5.32 Å². The third-order valence-electron chi connectivity index (χ3n) is 2.58. The lowest BCUT2D eigenvalue weighted by Crippen LogP contribution is -2.14. The van der Waals surface area contributed by atoms with Crippen molar-refractivity contribution >= 4 is 39.3 Å². The SMILES string of the molecule is O=C(CSc1ccc(Br)cc1)Nc1cccc(CO)c1. The molecule has 20 heavy (non-hydrogen) atoms. The largest absolute Gasteiger partial charge is 0.392 e. The molecule has 5 heteroatoms. The molecule has 0 aromatic heterocycles. The Kier molecular flexibility index (Phi) is 5.64. The quantitative estimate of drug-likeness (QED) is 0.808. The molecule has 0 spiro atoms. The minimum Gasteiger partial charge on any atom is -0.392 e. The van der Waals surface area contributed by atoms with Crippen molar-refractivity contribution in [3.63, 3.8) is 0 Å². The summed E-state index contributed by atoms with van der Waals surface area (Å²) in [6.07, 6.45) is 0. The molecule has 0 aliphatic rings. The molecule has 0 heterocycles. The zero-order chi connectivity index (χ0) is 14.4. The van der Waals surface area contributed by atoms with Gasteiger partial charge in [-0.2, -0.15) is 0 Å². The zero-order valence-electron chi connectivity index (χ0n) is 10.7. The molecule has 2 rings (SSSR count). The Balaban J connectivity index is 1.87. The number of carbonyl (C=O) groups is 1. The summed E-state index contributed by atoms with van der Waals surface area (Å²) >= 11 is 4.86. The molecule has 2 aromatic carbocycles. The summed E-state index contributed by atoms with van der Waals surface area (Å²) in [5.41, 5.74) is 1.49. The van der Waals surface area contributed by atoms with Crippen molar-refractivity contribution in [1.29, 1.82) is 0 Å². The fourth-order valence-electron chi connectivity index (χ4n) is 1.62. The van der Waals surface area contributed by atoms with Gasteiger partial charge in [0.25, 0.3) is 0 Å². The number of amides is 1. The van der Waals surface area contributed by atoms with Crippen molar-refractivity contribution < 1.29 is 9.90 Å². The van der Waals surface area contributed by atoms with Gasteiger partial charge in [0.2, 0.25) is 5.91 Å². The van der Waals surface area contributed by atoms with Crippen molar-refractivity contribution in [2.24, 2.45) is 0 Å². The molecule has 104 valence electrons. The van der Waals surface area contributed by atoms with E-state index in [1.807, 2.05) is 36.4 Å². The maximum absolute atomic E-state index is 11.8. The number of carbonyl (C=O) groups excluding carboxylic acids is 1. The molecular weight excluding hydrogens is 338 g/mol. The molecule has 3 nitrogen and oxygen atoms in total. The highest BCUT2D eigenvalue weighted by Crippen LogP contribution is 2.21. The molecule has 0 aliphatic carbocycles. The number of nitrogens with one attached hydrogen (secondary N) is 1. The first-order chi connectivity index (χ1) is 9.67.